The summed E-state index contributed by atoms with van der Waals surface area (Å²) in [5, 5.41) is 82.4. The van der Waals surface area contributed by atoms with E-state index in [9.17, 15) is 73.8 Å². The average Bonchev–Trinajstić information content (AvgIpc) is 1.56. The van der Waals surface area contributed by atoms with Gasteiger partial charge in [0.15, 0.2) is 0 Å². The van der Waals surface area contributed by atoms with Gasteiger partial charge in [-0.05, 0) is 133 Å². The van der Waals surface area contributed by atoms with E-state index >= 15 is 0 Å². The van der Waals surface area contributed by atoms with Crippen molar-refractivity contribution in [3.63, 3.8) is 0 Å². The number of rotatable bonds is 20. The Kier molecular flexibility index (Phi) is 34.2. The lowest BCUT2D eigenvalue weighted by molar-refractivity contribution is -0.150. The first-order valence-electron chi connectivity index (χ1n) is 39.0. The maximum atomic E-state index is 13.7. The van der Waals surface area contributed by atoms with Crippen molar-refractivity contribution in [3.05, 3.63) is 123 Å². The largest absolute Gasteiger partial charge is 0.480 e. The number of aliphatic hydroxyl groups excluding tert-OH is 6. The molecule has 31 nitrogen and oxygen atoms in total. The first-order valence-corrected chi connectivity index (χ1v) is 41.7. The van der Waals surface area contributed by atoms with Gasteiger partial charge in [-0.1, -0.05) is 135 Å². The van der Waals surface area contributed by atoms with Gasteiger partial charge in [0.1, 0.15) is 53.1 Å². The van der Waals surface area contributed by atoms with Gasteiger partial charge in [0.2, 0.25) is 29.5 Å². The van der Waals surface area contributed by atoms with E-state index in [1.807, 2.05) is 99.1 Å². The van der Waals surface area contributed by atoms with Crippen molar-refractivity contribution in [2.24, 2.45) is 22.0 Å². The van der Waals surface area contributed by atoms with Crippen LogP contribution in [0.4, 0.5) is 14.4 Å². The molecule has 6 heterocycles. The molecule has 1 unspecified atom stereocenters. The maximum Gasteiger partial charge on any atom is 0.408 e. The van der Waals surface area contributed by atoms with Gasteiger partial charge in [0, 0.05) is 38.9 Å². The number of aryl methyl sites for hydroxylation is 3. The summed E-state index contributed by atoms with van der Waals surface area (Å²) in [6, 6.07) is 15.2. The topological polar surface area (TPSA) is 457 Å². The van der Waals surface area contributed by atoms with Crippen LogP contribution < -0.4 is 32.3 Å². The van der Waals surface area contributed by atoms with Gasteiger partial charge in [-0.3, -0.25) is 24.0 Å². The van der Waals surface area contributed by atoms with Crippen molar-refractivity contribution >= 4 is 87.8 Å². The van der Waals surface area contributed by atoms with Gasteiger partial charge in [-0.2, -0.15) is 0 Å². The third-order valence-electron chi connectivity index (χ3n) is 19.1. The second-order valence-electron chi connectivity index (χ2n) is 35.8. The van der Waals surface area contributed by atoms with E-state index in [0.29, 0.717) is 11.1 Å². The fourth-order valence-corrected chi connectivity index (χ4v) is 15.5. The number of hydrogen-bond acceptors (Lipinski definition) is 25. The highest BCUT2D eigenvalue weighted by Crippen LogP contribution is 2.35. The number of amides is 8. The van der Waals surface area contributed by atoms with Gasteiger partial charge in [-0.15, -0.1) is 34.0 Å². The van der Waals surface area contributed by atoms with Crippen LogP contribution >= 0.6 is 34.0 Å². The van der Waals surface area contributed by atoms with E-state index in [2.05, 4.69) is 41.5 Å². The molecule has 6 aromatic rings. The van der Waals surface area contributed by atoms with E-state index in [1.165, 1.54) is 37.4 Å². The Morgan fingerprint density at radius 3 is 0.890 bits per heavy atom. The summed E-state index contributed by atoms with van der Waals surface area (Å²) in [4.78, 5) is 135. The minimum absolute atomic E-state index is 0.0234. The van der Waals surface area contributed by atoms with E-state index < -0.39 is 153 Å². The van der Waals surface area contributed by atoms with Crippen molar-refractivity contribution in [1.29, 1.82) is 0 Å². The van der Waals surface area contributed by atoms with E-state index in [4.69, 9.17) is 25.1 Å². The molecule has 9 rings (SSSR count). The molecule has 0 spiro atoms. The number of aromatic nitrogens is 3. The quantitative estimate of drug-likeness (QED) is 0.0316. The highest BCUT2D eigenvalue weighted by atomic mass is 32.1. The third-order valence-corrected chi connectivity index (χ3v) is 22.0. The molecule has 3 fully saturated rings. The molecular formula is C84H122N12O19S3. The van der Waals surface area contributed by atoms with Crippen molar-refractivity contribution in [3.8, 4) is 31.3 Å². The highest BCUT2D eigenvalue weighted by Gasteiger charge is 2.49. The molecule has 0 bridgehead atoms. The van der Waals surface area contributed by atoms with Crippen LogP contribution in [-0.2, 0) is 43.0 Å². The number of carboxylic acids is 1. The van der Waals surface area contributed by atoms with E-state index in [1.54, 1.807) is 147 Å². The van der Waals surface area contributed by atoms with Crippen molar-refractivity contribution in [1.82, 2.24) is 56.2 Å². The zero-order chi connectivity index (χ0) is 88.7. The van der Waals surface area contributed by atoms with Gasteiger partial charge < -0.3 is 97.0 Å². The number of alkyl carbamates (subject to hydrolysis) is 3. The molecule has 3 aliphatic heterocycles. The molecule has 3 aliphatic rings. The van der Waals surface area contributed by atoms with E-state index in [-0.39, 0.29) is 64.8 Å². The fourth-order valence-electron chi connectivity index (χ4n) is 13.1. The molecule has 34 heteroatoms. The number of nitrogens with zero attached hydrogens (tertiary/aromatic N) is 6. The zero-order valence-corrected chi connectivity index (χ0v) is 73.9. The van der Waals surface area contributed by atoms with Crippen LogP contribution in [0.3, 0.4) is 0 Å². The smallest absolute Gasteiger partial charge is 0.408 e. The highest BCUT2D eigenvalue weighted by molar-refractivity contribution is 7.14. The molecule has 0 saturated carbocycles. The third kappa shape index (κ3) is 28.3. The van der Waals surface area contributed by atoms with Crippen molar-refractivity contribution < 1.29 is 93.1 Å². The van der Waals surface area contributed by atoms with E-state index in [0.717, 1.165) is 54.0 Å². The van der Waals surface area contributed by atoms with Crippen LogP contribution in [-0.4, -0.2) is 230 Å². The van der Waals surface area contributed by atoms with Crippen LogP contribution in [0.1, 0.15) is 196 Å². The first kappa shape index (κ1) is 97.7. The standard InChI is InChI=1S/2C28H40N4O6S.C16H28N2O6.C12H14N2OS/c2*1-16-22(39-15-29-16)18-10-8-17(9-11-18)20(14-33)30-24(35)21-12-19(34)13-32(21)25(36)23(27(2,3)4)31-26(37)38-28(5,6)7;1-15(2,3)11(17-14(23)24-16(4,5)6)12(20)18-8-9(19)7-10(18)13(21)22;1-8-12(16-7-14-8)10-4-2-9(3-5-10)11(13)6-15/h2*8-11,15,19-21,23,33-34H,12-14H2,1-7H3,(H,30,35)(H,31,37);9-11,19H,7-8H2,1-6H3,(H,17,23)(H,21,22);2-5,7,11,15H,6,13H2,1H3/t19-,20+,21+,23-;19-,20-,21+,23-;9-,10+,11-;/m111./s1. The van der Waals surface area contributed by atoms with Crippen LogP contribution in [0.15, 0.2) is 89.3 Å². The molecule has 3 saturated heterocycles. The number of β-amino-alcohol motifs (C(OH)–C–C–N with tert-alkyl or cyclic N) is 3. The lowest BCUT2D eigenvalue weighted by Gasteiger charge is -2.36. The summed E-state index contributed by atoms with van der Waals surface area (Å²) in [7, 11) is 0. The number of benzene rings is 3. The summed E-state index contributed by atoms with van der Waals surface area (Å²) in [6.45, 7) is 36.5. The van der Waals surface area contributed by atoms with Gasteiger partial charge in [0.05, 0.1) is 105 Å². The number of ether oxygens (including phenoxy) is 3. The molecule has 118 heavy (non-hydrogen) atoms. The second kappa shape index (κ2) is 41.2. The number of carbonyl (C=O) groups is 9. The summed E-state index contributed by atoms with van der Waals surface area (Å²) in [5.41, 5.74) is 15.2. The number of aliphatic carboxylic acids is 1. The Labute approximate surface area is 703 Å². The minimum Gasteiger partial charge on any atom is -0.480 e. The number of nitrogens with one attached hydrogen (secondary N) is 5. The Hall–Kier alpha value is -9.10. The number of nitrogens with two attached hydrogens (primary N) is 1. The normalized spacial score (nSPS) is 19.2. The van der Waals surface area contributed by atoms with Crippen LogP contribution in [0.25, 0.3) is 31.3 Å². The number of thiazole rings is 3. The minimum atomic E-state index is -1.18. The molecule has 0 radical (unpaired) electrons. The number of hydrogen-bond donors (Lipinski definition) is 13. The number of carbonyl (C=O) groups excluding carboxylic acids is 8. The van der Waals surface area contributed by atoms with Crippen molar-refractivity contribution in [2.75, 3.05) is 39.5 Å². The number of aliphatic hydroxyl groups is 6. The summed E-state index contributed by atoms with van der Waals surface area (Å²) in [5.74, 6) is -3.69. The molecule has 3 aromatic carbocycles. The SMILES string of the molecule is CC(C)(C)OC(=O)N[C@H](C(=O)N1C[C@H](O)C[C@H]1C(=O)O)C(C)(C)C.Cc1ncsc1-c1ccc(C(N)CO)cc1.Cc1ncsc1-c1ccc([C@@H](CO)NC(=O)[C@@H]2C[C@@H](O)CN2C(=O)[C@@H](NC(=O)OC(C)(C)C)C(C)(C)C)cc1.Cc1ncsc1-c1ccc([C@H](CO)NC(=O)[C@@H]2C[C@@H](O)CN2C(=O)[C@@H](NC(=O)OC(C)(C)C)C(C)(C)C)cc1. The Balaban J connectivity index is 0.000000257. The first-order chi connectivity index (χ1) is 54.6. The zero-order valence-electron chi connectivity index (χ0n) is 71.5. The number of likely N-dealkylation sites (tertiary alicyclic amines) is 3. The molecule has 0 aliphatic carbocycles. The van der Waals surface area contributed by atoms with Crippen molar-refractivity contribution in [2.45, 2.75) is 254 Å². The van der Waals surface area contributed by atoms with Crippen LogP contribution in [0.2, 0.25) is 0 Å². The average molecular weight is 1700 g/mol. The second-order valence-corrected chi connectivity index (χ2v) is 38.4. The Morgan fingerprint density at radius 1 is 0.415 bits per heavy atom. The summed E-state index contributed by atoms with van der Waals surface area (Å²) < 4.78 is 15.9. The Bertz CT molecular complexity index is 4180. The summed E-state index contributed by atoms with van der Waals surface area (Å²) >= 11 is 4.71. The molecule has 12 atom stereocenters. The molecule has 3 aromatic heterocycles. The molecular weight excluding hydrogens is 1580 g/mol. The predicted molar refractivity (Wildman–Crippen MR) is 451 cm³/mol. The van der Waals surface area contributed by atoms with Crippen LogP contribution in [0, 0.1) is 37.0 Å². The summed E-state index contributed by atoms with van der Waals surface area (Å²) in [6.07, 6.45) is -4.86. The van der Waals surface area contributed by atoms with Gasteiger partial charge in [0.25, 0.3) is 0 Å². The van der Waals surface area contributed by atoms with Crippen LogP contribution in [0.5, 0.6) is 0 Å². The van der Waals surface area contributed by atoms with Gasteiger partial charge in [-0.25, -0.2) is 34.1 Å². The predicted octanol–water partition coefficient (Wildman–Crippen LogP) is 9.42. The fraction of sp³-hybridized carbons (Fsp3) is 0.571. The lowest BCUT2D eigenvalue weighted by Crippen LogP contribution is -2.58. The molecule has 8 amide bonds. The maximum absolute atomic E-state index is 13.7. The Morgan fingerprint density at radius 2 is 0.669 bits per heavy atom. The molecule has 650 valence electrons. The number of carboxylic acid groups (broad SMARTS) is 1. The lowest BCUT2D eigenvalue weighted by atomic mass is 9.85. The van der Waals surface area contributed by atoms with Gasteiger partial charge >= 0.3 is 24.2 Å². The molecule has 14 N–H and O–H groups in total. The monoisotopic (exact) mass is 1700 g/mol.